The molecule has 0 unspecified atom stereocenters. The van der Waals surface area contributed by atoms with Crippen molar-refractivity contribution < 1.29 is 9.53 Å². The van der Waals surface area contributed by atoms with Gasteiger partial charge in [-0.3, -0.25) is 4.79 Å². The van der Waals surface area contributed by atoms with Crippen LogP contribution in [0, 0.1) is 5.92 Å². The molecule has 78 valence electrons. The molecular formula is C9H18ClNO2. The largest absolute Gasteiger partial charge is 0.466 e. The van der Waals surface area contributed by atoms with E-state index in [1.54, 1.807) is 0 Å². The highest BCUT2D eigenvalue weighted by molar-refractivity contribution is 5.85. The lowest BCUT2D eigenvalue weighted by Gasteiger charge is -2.24. The van der Waals surface area contributed by atoms with Crippen molar-refractivity contribution in [1.82, 2.24) is 0 Å². The van der Waals surface area contributed by atoms with Crippen LogP contribution >= 0.6 is 12.4 Å². The highest BCUT2D eigenvalue weighted by Gasteiger charge is 2.25. The summed E-state index contributed by atoms with van der Waals surface area (Å²) in [6, 6.07) is 0.202. The van der Waals surface area contributed by atoms with Crippen molar-refractivity contribution in [3.05, 3.63) is 0 Å². The molecule has 2 atom stereocenters. The summed E-state index contributed by atoms with van der Waals surface area (Å²) >= 11 is 0. The number of hydrogen-bond donors (Lipinski definition) is 1. The molecule has 0 amide bonds. The molecule has 1 fully saturated rings. The van der Waals surface area contributed by atoms with E-state index in [9.17, 15) is 4.79 Å². The molecule has 0 aromatic rings. The van der Waals surface area contributed by atoms with E-state index in [1.165, 1.54) is 0 Å². The molecule has 0 aliphatic heterocycles. The Hall–Kier alpha value is -0.280. The van der Waals surface area contributed by atoms with Gasteiger partial charge in [0.25, 0.3) is 0 Å². The molecule has 4 heteroatoms. The maximum absolute atomic E-state index is 11.3. The maximum Gasteiger partial charge on any atom is 0.308 e. The first kappa shape index (κ1) is 12.7. The topological polar surface area (TPSA) is 52.3 Å². The fraction of sp³-hybridized carbons (Fsp3) is 0.889. The lowest BCUT2D eigenvalue weighted by molar-refractivity contribution is -0.149. The Balaban J connectivity index is 0.00000144. The van der Waals surface area contributed by atoms with Crippen LogP contribution in [0.3, 0.4) is 0 Å². The van der Waals surface area contributed by atoms with Crippen LogP contribution in [0.25, 0.3) is 0 Å². The summed E-state index contributed by atoms with van der Waals surface area (Å²) in [5.41, 5.74) is 5.75. The van der Waals surface area contributed by atoms with Crippen molar-refractivity contribution in [1.29, 1.82) is 0 Å². The van der Waals surface area contributed by atoms with Crippen LogP contribution in [0.4, 0.5) is 0 Å². The number of rotatable bonds is 2. The Morgan fingerprint density at radius 1 is 1.54 bits per heavy atom. The first-order chi connectivity index (χ1) is 5.74. The number of nitrogens with two attached hydrogens (primary N) is 1. The second-order valence-electron chi connectivity index (χ2n) is 3.38. The zero-order chi connectivity index (χ0) is 8.97. The maximum atomic E-state index is 11.3. The van der Waals surface area contributed by atoms with Gasteiger partial charge in [-0.25, -0.2) is 0 Å². The highest BCUT2D eigenvalue weighted by Crippen LogP contribution is 2.23. The number of esters is 1. The van der Waals surface area contributed by atoms with E-state index in [1.807, 2.05) is 6.92 Å². The molecular weight excluding hydrogens is 190 g/mol. The van der Waals surface area contributed by atoms with Gasteiger partial charge in [0.1, 0.15) is 0 Å². The summed E-state index contributed by atoms with van der Waals surface area (Å²) in [6.07, 6.45) is 3.87. The lowest BCUT2D eigenvalue weighted by atomic mass is 9.86. The normalized spacial score (nSPS) is 27.5. The third kappa shape index (κ3) is 3.96. The Morgan fingerprint density at radius 2 is 2.23 bits per heavy atom. The van der Waals surface area contributed by atoms with Crippen LogP contribution in [-0.4, -0.2) is 18.6 Å². The zero-order valence-electron chi connectivity index (χ0n) is 7.99. The van der Waals surface area contributed by atoms with Crippen molar-refractivity contribution in [3.63, 3.8) is 0 Å². The molecule has 3 nitrogen and oxygen atoms in total. The van der Waals surface area contributed by atoms with E-state index in [-0.39, 0.29) is 30.3 Å². The average Bonchev–Trinajstić information content (AvgIpc) is 2.05. The third-order valence-electron chi connectivity index (χ3n) is 2.33. The molecule has 0 bridgehead atoms. The van der Waals surface area contributed by atoms with Gasteiger partial charge in [0.15, 0.2) is 0 Å². The fourth-order valence-corrected chi connectivity index (χ4v) is 1.70. The van der Waals surface area contributed by atoms with Gasteiger partial charge >= 0.3 is 5.97 Å². The Morgan fingerprint density at radius 3 is 2.77 bits per heavy atom. The van der Waals surface area contributed by atoms with Crippen LogP contribution < -0.4 is 5.73 Å². The van der Waals surface area contributed by atoms with Crippen LogP contribution in [0.2, 0.25) is 0 Å². The predicted octanol–water partition coefficient (Wildman–Crippen LogP) is 1.49. The second-order valence-corrected chi connectivity index (χ2v) is 3.38. The van der Waals surface area contributed by atoms with E-state index in [4.69, 9.17) is 10.5 Å². The smallest absolute Gasteiger partial charge is 0.308 e. The van der Waals surface area contributed by atoms with Crippen molar-refractivity contribution >= 4 is 18.4 Å². The molecule has 0 aromatic heterocycles. The quantitative estimate of drug-likeness (QED) is 0.699. The minimum Gasteiger partial charge on any atom is -0.466 e. The molecule has 1 aliphatic rings. The van der Waals surface area contributed by atoms with Crippen LogP contribution in [0.1, 0.15) is 32.6 Å². The van der Waals surface area contributed by atoms with Crippen LogP contribution in [0.5, 0.6) is 0 Å². The predicted molar refractivity (Wildman–Crippen MR) is 53.8 cm³/mol. The van der Waals surface area contributed by atoms with E-state index >= 15 is 0 Å². The molecule has 1 aliphatic carbocycles. The van der Waals surface area contributed by atoms with E-state index in [2.05, 4.69) is 0 Å². The molecule has 0 radical (unpaired) electrons. The minimum absolute atomic E-state index is 0. The lowest BCUT2D eigenvalue weighted by Crippen LogP contribution is -2.32. The number of halogens is 1. The summed E-state index contributed by atoms with van der Waals surface area (Å²) in [4.78, 5) is 11.3. The van der Waals surface area contributed by atoms with Gasteiger partial charge in [0.2, 0.25) is 0 Å². The fourth-order valence-electron chi connectivity index (χ4n) is 1.70. The summed E-state index contributed by atoms with van der Waals surface area (Å²) < 4.78 is 4.94. The minimum atomic E-state index is -0.0624. The van der Waals surface area contributed by atoms with Crippen molar-refractivity contribution in [2.45, 2.75) is 38.6 Å². The van der Waals surface area contributed by atoms with Gasteiger partial charge in [-0.05, 0) is 26.2 Å². The van der Waals surface area contributed by atoms with Crippen LogP contribution in [0.15, 0.2) is 0 Å². The highest BCUT2D eigenvalue weighted by atomic mass is 35.5. The number of carbonyl (C=O) groups excluding carboxylic acids is 1. The Bertz CT molecular complexity index is 164. The monoisotopic (exact) mass is 207 g/mol. The van der Waals surface area contributed by atoms with Gasteiger partial charge in [-0.2, -0.15) is 0 Å². The summed E-state index contributed by atoms with van der Waals surface area (Å²) in [5, 5.41) is 0. The summed E-state index contributed by atoms with van der Waals surface area (Å²) in [5.74, 6) is 0.00125. The zero-order valence-corrected chi connectivity index (χ0v) is 8.81. The number of hydrogen-bond acceptors (Lipinski definition) is 3. The summed E-state index contributed by atoms with van der Waals surface area (Å²) in [7, 11) is 0. The molecule has 0 spiro atoms. The molecule has 0 aromatic carbocycles. The van der Waals surface area contributed by atoms with Crippen molar-refractivity contribution in [3.8, 4) is 0 Å². The Kier molecular flexibility index (Phi) is 6.08. The molecule has 2 N–H and O–H groups in total. The second kappa shape index (κ2) is 6.22. The first-order valence-electron chi connectivity index (χ1n) is 4.66. The van der Waals surface area contributed by atoms with E-state index in [0.717, 1.165) is 25.7 Å². The first-order valence-corrected chi connectivity index (χ1v) is 4.66. The average molecular weight is 208 g/mol. The molecule has 0 heterocycles. The standard InChI is InChI=1S/C9H17NO2.ClH/c1-2-12-9(11)7-4-3-5-8(10)6-7;/h7-8H,2-6,10H2,1H3;1H/t7-,8+;/m0./s1. The van der Waals surface area contributed by atoms with Crippen LogP contribution in [-0.2, 0) is 9.53 Å². The van der Waals surface area contributed by atoms with Gasteiger partial charge in [0.05, 0.1) is 12.5 Å². The third-order valence-corrected chi connectivity index (χ3v) is 2.33. The van der Waals surface area contributed by atoms with Crippen molar-refractivity contribution in [2.24, 2.45) is 11.7 Å². The van der Waals surface area contributed by atoms with E-state index < -0.39 is 0 Å². The van der Waals surface area contributed by atoms with E-state index in [0.29, 0.717) is 6.61 Å². The molecule has 13 heavy (non-hydrogen) atoms. The van der Waals surface area contributed by atoms with Gasteiger partial charge < -0.3 is 10.5 Å². The van der Waals surface area contributed by atoms with Crippen molar-refractivity contribution in [2.75, 3.05) is 6.61 Å². The summed E-state index contributed by atoms with van der Waals surface area (Å²) in [6.45, 7) is 2.31. The molecule has 1 saturated carbocycles. The number of carbonyl (C=O) groups is 1. The van der Waals surface area contributed by atoms with Gasteiger partial charge in [-0.15, -0.1) is 12.4 Å². The Labute approximate surface area is 85.4 Å². The molecule has 1 rings (SSSR count). The molecule has 0 saturated heterocycles. The van der Waals surface area contributed by atoms with Gasteiger partial charge in [0, 0.05) is 6.04 Å². The SMILES string of the molecule is CCOC(=O)[C@H]1CCC[C@@H](N)C1.Cl. The number of ether oxygens (including phenoxy) is 1. The van der Waals surface area contributed by atoms with Gasteiger partial charge in [-0.1, -0.05) is 6.42 Å².